The number of aromatic nitrogens is 1. The van der Waals surface area contributed by atoms with Gasteiger partial charge in [0.2, 0.25) is 5.76 Å². The third kappa shape index (κ3) is 3.53. The molecule has 2 aromatic heterocycles. The van der Waals surface area contributed by atoms with Crippen LogP contribution >= 0.6 is 0 Å². The fourth-order valence-electron chi connectivity index (χ4n) is 2.90. The van der Waals surface area contributed by atoms with Gasteiger partial charge in [-0.3, -0.25) is 0 Å². The zero-order valence-corrected chi connectivity index (χ0v) is 15.4. The number of hydrogen-bond acceptors (Lipinski definition) is 7. The topological polar surface area (TPSA) is 106 Å². The second-order valence-electron chi connectivity index (χ2n) is 6.10. The molecule has 0 aliphatic heterocycles. The van der Waals surface area contributed by atoms with E-state index in [0.717, 1.165) is 6.42 Å². The molecule has 0 unspecified atom stereocenters. The number of ether oxygens (including phenoxy) is 1. The predicted molar refractivity (Wildman–Crippen MR) is 97.7 cm³/mol. The van der Waals surface area contributed by atoms with Crippen molar-refractivity contribution in [3.05, 3.63) is 41.3 Å². The fraction of sp³-hybridized carbons (Fsp3) is 0.300. The molecule has 0 spiro atoms. The lowest BCUT2D eigenvalue weighted by Crippen LogP contribution is -2.02. The van der Waals surface area contributed by atoms with Crippen molar-refractivity contribution >= 4 is 5.97 Å². The lowest BCUT2D eigenvalue weighted by atomic mass is 9.99. The van der Waals surface area contributed by atoms with Gasteiger partial charge in [0.25, 0.3) is 0 Å². The van der Waals surface area contributed by atoms with E-state index >= 15 is 0 Å². The van der Waals surface area contributed by atoms with Crippen LogP contribution in [-0.4, -0.2) is 27.9 Å². The van der Waals surface area contributed by atoms with Crippen LogP contribution in [0.1, 0.15) is 42.1 Å². The monoisotopic (exact) mass is 371 g/mol. The summed E-state index contributed by atoms with van der Waals surface area (Å²) in [7, 11) is 0. The van der Waals surface area contributed by atoms with Gasteiger partial charge >= 0.3 is 5.97 Å². The summed E-state index contributed by atoms with van der Waals surface area (Å²) < 4.78 is 16.0. The number of benzene rings is 1. The number of carbonyl (C=O) groups excluding carboxylic acids is 1. The van der Waals surface area contributed by atoms with Crippen molar-refractivity contribution in [2.24, 2.45) is 0 Å². The summed E-state index contributed by atoms with van der Waals surface area (Å²) in [5, 5.41) is 24.3. The van der Waals surface area contributed by atoms with Crippen LogP contribution in [0.5, 0.6) is 11.5 Å². The van der Waals surface area contributed by atoms with Gasteiger partial charge in [-0.15, -0.1) is 0 Å². The first kappa shape index (κ1) is 18.6. The minimum absolute atomic E-state index is 0.0264. The Morgan fingerprint density at radius 3 is 2.67 bits per heavy atom. The maximum atomic E-state index is 11.9. The quantitative estimate of drug-likeness (QED) is 0.617. The summed E-state index contributed by atoms with van der Waals surface area (Å²) in [4.78, 5) is 11.9. The maximum Gasteiger partial charge on any atom is 0.374 e. The molecule has 3 rings (SSSR count). The average Bonchev–Trinajstić information content (AvgIpc) is 3.24. The van der Waals surface area contributed by atoms with Crippen molar-refractivity contribution in [2.75, 3.05) is 6.61 Å². The van der Waals surface area contributed by atoms with Crippen molar-refractivity contribution in [2.45, 2.75) is 33.6 Å². The Kier molecular flexibility index (Phi) is 5.21. The second-order valence-corrected chi connectivity index (χ2v) is 6.10. The van der Waals surface area contributed by atoms with Gasteiger partial charge in [0, 0.05) is 6.07 Å². The standard InChI is InChI=1S/C20H21NO6/c1-4-6-12-9-13(15(23)10-14(12)22)19-18(11(3)21-27-19)16-7-8-17(26-16)20(24)25-5-2/h7-10,22-23H,4-6H2,1-3H3. The molecule has 0 aliphatic carbocycles. The number of nitrogens with zero attached hydrogens (tertiary/aromatic N) is 1. The van der Waals surface area contributed by atoms with E-state index in [-0.39, 0.29) is 23.9 Å². The van der Waals surface area contributed by atoms with Crippen LogP contribution in [0.15, 0.2) is 33.2 Å². The molecule has 7 heteroatoms. The number of esters is 1. The van der Waals surface area contributed by atoms with Gasteiger partial charge in [-0.1, -0.05) is 18.5 Å². The molecule has 0 atom stereocenters. The third-order valence-electron chi connectivity index (χ3n) is 4.15. The maximum absolute atomic E-state index is 11.9. The van der Waals surface area contributed by atoms with Gasteiger partial charge in [0.1, 0.15) is 17.3 Å². The van der Waals surface area contributed by atoms with Crippen molar-refractivity contribution in [1.82, 2.24) is 5.16 Å². The second kappa shape index (κ2) is 7.57. The van der Waals surface area contributed by atoms with Crippen LogP contribution in [0.2, 0.25) is 0 Å². The van der Waals surface area contributed by atoms with Crippen LogP contribution in [-0.2, 0) is 11.2 Å². The molecule has 1 aromatic carbocycles. The number of rotatable bonds is 6. The van der Waals surface area contributed by atoms with Crippen LogP contribution in [0.3, 0.4) is 0 Å². The molecule has 142 valence electrons. The summed E-state index contributed by atoms with van der Waals surface area (Å²) in [5.74, 6) is 0.0703. The van der Waals surface area contributed by atoms with Crippen molar-refractivity contribution in [3.63, 3.8) is 0 Å². The summed E-state index contributed by atoms with van der Waals surface area (Å²) in [6.07, 6.45) is 1.48. The van der Waals surface area contributed by atoms with Crippen molar-refractivity contribution < 1.29 is 28.7 Å². The summed E-state index contributed by atoms with van der Waals surface area (Å²) in [6, 6.07) is 6.10. The van der Waals surface area contributed by atoms with Crippen LogP contribution in [0.25, 0.3) is 22.6 Å². The lowest BCUT2D eigenvalue weighted by molar-refractivity contribution is 0.0491. The van der Waals surface area contributed by atoms with E-state index in [4.69, 9.17) is 13.7 Å². The van der Waals surface area contributed by atoms with E-state index in [9.17, 15) is 15.0 Å². The van der Waals surface area contributed by atoms with E-state index in [0.29, 0.717) is 40.3 Å². The lowest BCUT2D eigenvalue weighted by Gasteiger charge is -2.08. The molecule has 0 radical (unpaired) electrons. The van der Waals surface area contributed by atoms with Gasteiger partial charge in [-0.2, -0.15) is 0 Å². The molecule has 0 amide bonds. The molecule has 0 bridgehead atoms. The van der Waals surface area contributed by atoms with Crippen LogP contribution in [0, 0.1) is 6.92 Å². The number of carbonyl (C=O) groups is 1. The summed E-state index contributed by atoms with van der Waals surface area (Å²) >= 11 is 0. The molecular formula is C20H21NO6. The molecule has 0 saturated carbocycles. The molecule has 0 aliphatic rings. The first-order valence-corrected chi connectivity index (χ1v) is 8.75. The van der Waals surface area contributed by atoms with E-state index in [2.05, 4.69) is 5.16 Å². The van der Waals surface area contributed by atoms with E-state index in [1.54, 1.807) is 26.0 Å². The number of hydrogen-bond donors (Lipinski definition) is 2. The molecule has 7 nitrogen and oxygen atoms in total. The molecule has 0 saturated heterocycles. The average molecular weight is 371 g/mol. The highest BCUT2D eigenvalue weighted by molar-refractivity contribution is 5.88. The highest BCUT2D eigenvalue weighted by atomic mass is 16.5. The third-order valence-corrected chi connectivity index (χ3v) is 4.15. The number of phenolic OH excluding ortho intramolecular Hbond substituents is 2. The Hall–Kier alpha value is -3.22. The molecule has 3 aromatic rings. The van der Waals surface area contributed by atoms with E-state index < -0.39 is 5.97 Å². The minimum atomic E-state index is -0.558. The first-order chi connectivity index (χ1) is 13.0. The smallest absolute Gasteiger partial charge is 0.374 e. The fourth-order valence-corrected chi connectivity index (χ4v) is 2.90. The zero-order chi connectivity index (χ0) is 19.6. The van der Waals surface area contributed by atoms with E-state index in [1.165, 1.54) is 12.1 Å². The Morgan fingerprint density at radius 1 is 1.19 bits per heavy atom. The van der Waals surface area contributed by atoms with Gasteiger partial charge in [-0.25, -0.2) is 4.79 Å². The highest BCUT2D eigenvalue weighted by Gasteiger charge is 2.24. The summed E-state index contributed by atoms with van der Waals surface area (Å²) in [6.45, 7) is 5.69. The predicted octanol–water partition coefficient (Wildman–Crippen LogP) is 4.45. The Morgan fingerprint density at radius 2 is 1.96 bits per heavy atom. The van der Waals surface area contributed by atoms with Gasteiger partial charge < -0.3 is 23.9 Å². The van der Waals surface area contributed by atoms with Crippen LogP contribution in [0.4, 0.5) is 0 Å². The number of phenols is 2. The van der Waals surface area contributed by atoms with E-state index in [1.807, 2.05) is 6.92 Å². The Labute approximate surface area is 156 Å². The van der Waals surface area contributed by atoms with Gasteiger partial charge in [-0.05, 0) is 44.0 Å². The summed E-state index contributed by atoms with van der Waals surface area (Å²) in [5.41, 5.74) is 2.14. The Balaban J connectivity index is 2.09. The van der Waals surface area contributed by atoms with Gasteiger partial charge in [0.05, 0.1) is 23.4 Å². The normalized spacial score (nSPS) is 10.9. The molecule has 0 fully saturated rings. The molecule has 2 N–H and O–H groups in total. The molecular weight excluding hydrogens is 350 g/mol. The van der Waals surface area contributed by atoms with Crippen molar-refractivity contribution in [3.8, 4) is 34.1 Å². The number of aryl methyl sites for hydroxylation is 2. The molecule has 2 heterocycles. The van der Waals surface area contributed by atoms with Crippen LogP contribution < -0.4 is 0 Å². The largest absolute Gasteiger partial charge is 0.508 e. The number of aromatic hydroxyl groups is 2. The Bertz CT molecular complexity index is 969. The van der Waals surface area contributed by atoms with Crippen molar-refractivity contribution in [1.29, 1.82) is 0 Å². The minimum Gasteiger partial charge on any atom is -0.508 e. The zero-order valence-electron chi connectivity index (χ0n) is 15.4. The first-order valence-electron chi connectivity index (χ1n) is 8.75. The number of furan rings is 1. The highest BCUT2D eigenvalue weighted by Crippen LogP contribution is 2.42. The SMILES string of the molecule is CCCc1cc(-c2onc(C)c2-c2ccc(C(=O)OCC)o2)c(O)cc1O. The van der Waals surface area contributed by atoms with Gasteiger partial charge in [0.15, 0.2) is 5.76 Å². The molecule has 27 heavy (non-hydrogen) atoms.